The molecule has 0 aromatic carbocycles. The van der Waals surface area contributed by atoms with Crippen LogP contribution in [-0.2, 0) is 17.8 Å². The van der Waals surface area contributed by atoms with E-state index in [1.54, 1.807) is 31.2 Å². The molecule has 7 nitrogen and oxygen atoms in total. The van der Waals surface area contributed by atoms with Crippen LogP contribution in [0.15, 0.2) is 30.7 Å². The fraction of sp³-hybridized carbons (Fsp3) is 0.400. The van der Waals surface area contributed by atoms with Gasteiger partial charge in [0.05, 0.1) is 19.0 Å². The number of ether oxygens (including phenoxy) is 1. The molecule has 2 rings (SSSR count). The van der Waals surface area contributed by atoms with Crippen molar-refractivity contribution in [2.75, 3.05) is 19.5 Å². The number of pyridine rings is 1. The zero-order chi connectivity index (χ0) is 15.9. The molecule has 0 unspecified atom stereocenters. The van der Waals surface area contributed by atoms with Crippen LogP contribution in [0, 0.1) is 0 Å². The molecule has 1 atom stereocenters. The van der Waals surface area contributed by atoms with Crippen LogP contribution in [0.5, 0.6) is 5.88 Å². The van der Waals surface area contributed by atoms with Gasteiger partial charge in [-0.1, -0.05) is 0 Å². The molecule has 0 saturated carbocycles. The Balaban J connectivity index is 1.91. The van der Waals surface area contributed by atoms with E-state index in [4.69, 9.17) is 4.74 Å². The predicted octanol–water partition coefficient (Wildman–Crippen LogP) is 1.08. The Labute approximate surface area is 129 Å². The van der Waals surface area contributed by atoms with Crippen molar-refractivity contribution in [3.8, 4) is 5.88 Å². The Morgan fingerprint density at radius 3 is 3.05 bits per heavy atom. The lowest BCUT2D eigenvalue weighted by Crippen LogP contribution is -2.23. The van der Waals surface area contributed by atoms with Crippen molar-refractivity contribution < 1.29 is 9.53 Å². The predicted molar refractivity (Wildman–Crippen MR) is 83.9 cm³/mol. The maximum Gasteiger partial charge on any atom is 0.241 e. The monoisotopic (exact) mass is 303 g/mol. The van der Waals surface area contributed by atoms with E-state index in [2.05, 4.69) is 27.6 Å². The summed E-state index contributed by atoms with van der Waals surface area (Å²) in [5.74, 6) is 0.537. The maximum atomic E-state index is 11.3. The van der Waals surface area contributed by atoms with Gasteiger partial charge in [0.2, 0.25) is 11.8 Å². The van der Waals surface area contributed by atoms with Gasteiger partial charge in [-0.25, -0.2) is 4.98 Å². The van der Waals surface area contributed by atoms with Crippen LogP contribution in [0.25, 0.3) is 0 Å². The molecule has 0 fully saturated rings. The van der Waals surface area contributed by atoms with E-state index in [0.717, 1.165) is 17.7 Å². The number of likely N-dealkylation sites (N-methyl/N-ethyl adjacent to an activating group) is 1. The summed E-state index contributed by atoms with van der Waals surface area (Å²) in [7, 11) is 3.21. The molecular formula is C15H21N5O2. The van der Waals surface area contributed by atoms with Gasteiger partial charge in [-0.15, -0.1) is 0 Å². The van der Waals surface area contributed by atoms with Crippen molar-refractivity contribution in [1.29, 1.82) is 0 Å². The van der Waals surface area contributed by atoms with Gasteiger partial charge in [0.15, 0.2) is 0 Å². The minimum absolute atomic E-state index is 0.0772. The molecule has 0 bridgehead atoms. The third-order valence-electron chi connectivity index (χ3n) is 3.18. The number of nitrogens with one attached hydrogen (secondary N) is 2. The summed E-state index contributed by atoms with van der Waals surface area (Å²) in [6.07, 6.45) is 6.10. The summed E-state index contributed by atoms with van der Waals surface area (Å²) < 4.78 is 6.72. The molecule has 0 aliphatic heterocycles. The van der Waals surface area contributed by atoms with E-state index in [9.17, 15) is 4.79 Å². The van der Waals surface area contributed by atoms with Crippen molar-refractivity contribution in [2.45, 2.75) is 25.9 Å². The lowest BCUT2D eigenvalue weighted by molar-refractivity contribution is -0.121. The van der Waals surface area contributed by atoms with Gasteiger partial charge in [-0.05, 0) is 25.0 Å². The largest absolute Gasteiger partial charge is 0.481 e. The van der Waals surface area contributed by atoms with Gasteiger partial charge < -0.3 is 15.4 Å². The van der Waals surface area contributed by atoms with Crippen LogP contribution >= 0.6 is 0 Å². The van der Waals surface area contributed by atoms with E-state index in [1.807, 2.05) is 18.3 Å². The normalized spacial score (nSPS) is 11.8. The van der Waals surface area contributed by atoms with Crippen molar-refractivity contribution in [3.05, 3.63) is 36.3 Å². The first-order valence-electron chi connectivity index (χ1n) is 7.09. The number of carbonyl (C=O) groups excluding carboxylic acids is 1. The third-order valence-corrected chi connectivity index (χ3v) is 3.18. The van der Waals surface area contributed by atoms with Crippen molar-refractivity contribution in [2.24, 2.45) is 0 Å². The fourth-order valence-corrected chi connectivity index (χ4v) is 2.13. The zero-order valence-corrected chi connectivity index (χ0v) is 13.0. The SMILES string of the molecule is CNC(=O)Cn1cc(N[C@H](C)Cc2ccnc(OC)c2)cn1. The van der Waals surface area contributed by atoms with Crippen LogP contribution in [0.1, 0.15) is 12.5 Å². The molecule has 7 heteroatoms. The van der Waals surface area contributed by atoms with Gasteiger partial charge >= 0.3 is 0 Å². The number of anilines is 1. The molecule has 118 valence electrons. The van der Waals surface area contributed by atoms with Crippen molar-refractivity contribution >= 4 is 11.6 Å². The standard InChI is InChI=1S/C15H21N5O2/c1-11(6-12-4-5-17-15(7-12)22-3)19-13-8-18-20(9-13)10-14(21)16-2/h4-5,7-9,11,19H,6,10H2,1-3H3,(H,16,21)/t11-/m1/s1. The van der Waals surface area contributed by atoms with Gasteiger partial charge in [-0.3, -0.25) is 9.48 Å². The molecule has 2 N–H and O–H groups in total. The van der Waals surface area contributed by atoms with Gasteiger partial charge in [0.25, 0.3) is 0 Å². The highest BCUT2D eigenvalue weighted by Crippen LogP contribution is 2.13. The first-order valence-corrected chi connectivity index (χ1v) is 7.09. The number of aromatic nitrogens is 3. The molecule has 1 amide bonds. The number of rotatable bonds is 7. The smallest absolute Gasteiger partial charge is 0.241 e. The van der Waals surface area contributed by atoms with Crippen LogP contribution in [0.2, 0.25) is 0 Å². The second kappa shape index (κ2) is 7.44. The number of hydrogen-bond donors (Lipinski definition) is 2. The van der Waals surface area contributed by atoms with E-state index in [-0.39, 0.29) is 18.5 Å². The molecule has 0 aliphatic rings. The van der Waals surface area contributed by atoms with Crippen molar-refractivity contribution in [3.63, 3.8) is 0 Å². The van der Waals surface area contributed by atoms with E-state index in [1.165, 1.54) is 0 Å². The Kier molecular flexibility index (Phi) is 5.35. The second-order valence-electron chi connectivity index (χ2n) is 5.06. The molecule has 2 aromatic rings. The number of amides is 1. The molecule has 22 heavy (non-hydrogen) atoms. The highest BCUT2D eigenvalue weighted by atomic mass is 16.5. The quantitative estimate of drug-likeness (QED) is 0.800. The molecule has 0 saturated heterocycles. The minimum Gasteiger partial charge on any atom is -0.481 e. The molecule has 2 aromatic heterocycles. The lowest BCUT2D eigenvalue weighted by Gasteiger charge is -2.14. The summed E-state index contributed by atoms with van der Waals surface area (Å²) >= 11 is 0. The first kappa shape index (κ1) is 15.8. The summed E-state index contributed by atoms with van der Waals surface area (Å²) in [4.78, 5) is 15.4. The number of methoxy groups -OCH3 is 1. The summed E-state index contributed by atoms with van der Waals surface area (Å²) in [6, 6.07) is 4.10. The second-order valence-corrected chi connectivity index (χ2v) is 5.06. The lowest BCUT2D eigenvalue weighted by atomic mass is 10.1. The molecular weight excluding hydrogens is 282 g/mol. The average Bonchev–Trinajstić information content (AvgIpc) is 2.94. The summed E-state index contributed by atoms with van der Waals surface area (Å²) in [5.41, 5.74) is 2.03. The van der Waals surface area contributed by atoms with E-state index < -0.39 is 0 Å². The van der Waals surface area contributed by atoms with Gasteiger partial charge in [0, 0.05) is 31.5 Å². The number of hydrogen-bond acceptors (Lipinski definition) is 5. The maximum absolute atomic E-state index is 11.3. The van der Waals surface area contributed by atoms with Crippen LogP contribution < -0.4 is 15.4 Å². The zero-order valence-electron chi connectivity index (χ0n) is 13.0. The van der Waals surface area contributed by atoms with E-state index in [0.29, 0.717) is 5.88 Å². The molecule has 0 radical (unpaired) electrons. The Bertz CT molecular complexity index is 626. The molecule has 2 heterocycles. The Morgan fingerprint density at radius 1 is 1.50 bits per heavy atom. The Morgan fingerprint density at radius 2 is 2.32 bits per heavy atom. The third kappa shape index (κ3) is 4.47. The topological polar surface area (TPSA) is 81.1 Å². The first-order chi connectivity index (χ1) is 10.6. The van der Waals surface area contributed by atoms with Crippen LogP contribution in [0.3, 0.4) is 0 Å². The van der Waals surface area contributed by atoms with Gasteiger partial charge in [0.1, 0.15) is 6.54 Å². The highest BCUT2D eigenvalue weighted by molar-refractivity contribution is 5.75. The highest BCUT2D eigenvalue weighted by Gasteiger charge is 2.08. The summed E-state index contributed by atoms with van der Waals surface area (Å²) in [5, 5.41) is 10.1. The minimum atomic E-state index is -0.0772. The van der Waals surface area contributed by atoms with E-state index >= 15 is 0 Å². The van der Waals surface area contributed by atoms with Crippen LogP contribution in [0.4, 0.5) is 5.69 Å². The van der Waals surface area contributed by atoms with Crippen LogP contribution in [-0.4, -0.2) is 40.9 Å². The Hall–Kier alpha value is -2.57. The molecule has 0 aliphatic carbocycles. The van der Waals surface area contributed by atoms with Gasteiger partial charge in [-0.2, -0.15) is 5.10 Å². The number of nitrogens with zero attached hydrogens (tertiary/aromatic N) is 3. The van der Waals surface area contributed by atoms with Crippen molar-refractivity contribution in [1.82, 2.24) is 20.1 Å². The number of carbonyl (C=O) groups is 1. The summed E-state index contributed by atoms with van der Waals surface area (Å²) in [6.45, 7) is 2.30. The fourth-order valence-electron chi connectivity index (χ4n) is 2.13. The average molecular weight is 303 g/mol. The molecule has 0 spiro atoms.